The molecule has 0 spiro atoms. The molecule has 8 rings (SSSR count). The highest BCUT2D eigenvalue weighted by atomic mass is 14.7. The molecule has 252 valence electrons. The van der Waals surface area contributed by atoms with Crippen LogP contribution in [-0.4, -0.2) is 4.98 Å². The molecule has 0 saturated carbocycles. The average Bonchev–Trinajstić information content (AvgIpc) is 3.41. The van der Waals surface area contributed by atoms with Gasteiger partial charge >= 0.3 is 0 Å². The molecule has 0 radical (unpaired) electrons. The number of aryl methyl sites for hydroxylation is 1. The van der Waals surface area contributed by atoms with E-state index in [4.69, 9.17) is 4.98 Å². The maximum absolute atomic E-state index is 5.38. The summed E-state index contributed by atoms with van der Waals surface area (Å²) in [6.07, 6.45) is 9.06. The first-order valence-corrected chi connectivity index (χ1v) is 18.9. The van der Waals surface area contributed by atoms with Gasteiger partial charge < -0.3 is 0 Å². The predicted octanol–water partition coefficient (Wildman–Crippen LogP) is 14.1. The van der Waals surface area contributed by atoms with E-state index in [0.717, 1.165) is 23.2 Å². The summed E-state index contributed by atoms with van der Waals surface area (Å²) >= 11 is 0. The second-order valence-corrected chi connectivity index (χ2v) is 14.8. The summed E-state index contributed by atoms with van der Waals surface area (Å²) in [7, 11) is 0. The smallest absolute Gasteiger partial charge is 0.0716 e. The first-order valence-electron chi connectivity index (χ1n) is 18.9. The fourth-order valence-electron chi connectivity index (χ4n) is 8.24. The molecule has 0 N–H and O–H groups in total. The quantitative estimate of drug-likeness (QED) is 0.126. The van der Waals surface area contributed by atoms with Crippen molar-refractivity contribution in [2.75, 3.05) is 0 Å². The van der Waals surface area contributed by atoms with Crippen molar-refractivity contribution in [2.24, 2.45) is 0 Å². The Bertz CT molecular complexity index is 2330. The Balaban J connectivity index is 1.24. The number of hydrogen-bond donors (Lipinski definition) is 0. The summed E-state index contributed by atoms with van der Waals surface area (Å²) in [5, 5.41) is 1.18. The van der Waals surface area contributed by atoms with Gasteiger partial charge in [-0.25, -0.2) is 4.98 Å². The minimum absolute atomic E-state index is 0.0694. The molecule has 0 bridgehead atoms. The van der Waals surface area contributed by atoms with E-state index in [0.29, 0.717) is 0 Å². The highest BCUT2D eigenvalue weighted by Crippen LogP contribution is 2.50. The van der Waals surface area contributed by atoms with Gasteiger partial charge in [-0.1, -0.05) is 174 Å². The van der Waals surface area contributed by atoms with Crippen LogP contribution in [0.25, 0.3) is 66.7 Å². The molecular formula is C50H47N. The van der Waals surface area contributed by atoms with Gasteiger partial charge in [-0.3, -0.25) is 0 Å². The second kappa shape index (κ2) is 14.2. The summed E-state index contributed by atoms with van der Waals surface area (Å²) in [5.41, 5.74) is 17.3. The topological polar surface area (TPSA) is 12.9 Å². The lowest BCUT2D eigenvalue weighted by atomic mass is 9.81. The van der Waals surface area contributed by atoms with E-state index in [2.05, 4.69) is 166 Å². The lowest BCUT2D eigenvalue weighted by molar-refractivity contribution is 0.607. The highest BCUT2D eigenvalue weighted by Gasteiger charge is 2.35. The summed E-state index contributed by atoms with van der Waals surface area (Å²) in [4.78, 5) is 5.38. The van der Waals surface area contributed by atoms with E-state index in [1.165, 1.54) is 105 Å². The molecule has 0 atom stereocenters. The third-order valence-corrected chi connectivity index (χ3v) is 11.1. The maximum atomic E-state index is 5.38. The monoisotopic (exact) mass is 661 g/mol. The molecule has 6 aromatic carbocycles. The minimum Gasteiger partial charge on any atom is -0.248 e. The second-order valence-electron chi connectivity index (χ2n) is 14.8. The van der Waals surface area contributed by atoms with E-state index < -0.39 is 0 Å². The highest BCUT2D eigenvalue weighted by molar-refractivity contribution is 6.02. The first-order chi connectivity index (χ1) is 25.0. The van der Waals surface area contributed by atoms with Gasteiger partial charge in [-0.2, -0.15) is 0 Å². The SMILES string of the molecule is CCCCCCCCc1cccc(-c2ccc3nc(-c4ccc5c(c4)C(C)(C)c4ccccc4-5)cc(-c4ccccc4-c4ccccc4)c3c2)c1. The number of benzene rings is 6. The number of pyridine rings is 1. The van der Waals surface area contributed by atoms with Gasteiger partial charge in [-0.05, 0) is 98.3 Å². The lowest BCUT2D eigenvalue weighted by Gasteiger charge is -2.22. The molecule has 1 heterocycles. The van der Waals surface area contributed by atoms with Crippen molar-refractivity contribution in [1.82, 2.24) is 4.98 Å². The maximum Gasteiger partial charge on any atom is 0.0716 e. The van der Waals surface area contributed by atoms with Crippen molar-refractivity contribution in [3.8, 4) is 55.8 Å². The molecule has 0 fully saturated rings. The molecule has 0 amide bonds. The van der Waals surface area contributed by atoms with E-state index >= 15 is 0 Å². The van der Waals surface area contributed by atoms with E-state index in [1.54, 1.807) is 0 Å². The third kappa shape index (κ3) is 6.43. The van der Waals surface area contributed by atoms with Crippen molar-refractivity contribution in [3.05, 3.63) is 162 Å². The van der Waals surface area contributed by atoms with Gasteiger partial charge in [0.2, 0.25) is 0 Å². The lowest BCUT2D eigenvalue weighted by Crippen LogP contribution is -2.14. The molecule has 1 aromatic heterocycles. The van der Waals surface area contributed by atoms with Crippen molar-refractivity contribution in [1.29, 1.82) is 0 Å². The van der Waals surface area contributed by atoms with Crippen LogP contribution in [0, 0.1) is 0 Å². The Morgan fingerprint density at radius 3 is 1.96 bits per heavy atom. The van der Waals surface area contributed by atoms with Crippen LogP contribution in [0.4, 0.5) is 0 Å². The predicted molar refractivity (Wildman–Crippen MR) is 218 cm³/mol. The standard InChI is InChI=1S/C50H47N/c1-4-5-6-7-8-10-18-35-19-17-22-37(31-35)38-28-30-48-45(32-38)44(41-24-14-13-23-40(41)36-20-11-9-12-21-36)34-49(51-48)39-27-29-43-42-25-15-16-26-46(42)50(2,3)47(43)33-39/h9,11-17,19-34H,4-8,10,18H2,1-3H3. The first kappa shape index (κ1) is 32.9. The number of unbranched alkanes of at least 4 members (excludes halogenated alkanes) is 5. The molecule has 7 aromatic rings. The zero-order chi connectivity index (χ0) is 34.8. The normalized spacial score (nSPS) is 12.9. The van der Waals surface area contributed by atoms with Gasteiger partial charge in [0, 0.05) is 16.4 Å². The van der Waals surface area contributed by atoms with Crippen molar-refractivity contribution >= 4 is 10.9 Å². The van der Waals surface area contributed by atoms with Crippen LogP contribution in [-0.2, 0) is 11.8 Å². The summed E-state index contributed by atoms with van der Waals surface area (Å²) in [6, 6.07) is 53.8. The van der Waals surface area contributed by atoms with Crippen LogP contribution >= 0.6 is 0 Å². The van der Waals surface area contributed by atoms with Crippen LogP contribution in [0.3, 0.4) is 0 Å². The van der Waals surface area contributed by atoms with Gasteiger partial charge in [0.1, 0.15) is 0 Å². The fourth-order valence-corrected chi connectivity index (χ4v) is 8.24. The Morgan fingerprint density at radius 2 is 1.12 bits per heavy atom. The van der Waals surface area contributed by atoms with Gasteiger partial charge in [0.25, 0.3) is 0 Å². The van der Waals surface area contributed by atoms with Crippen molar-refractivity contribution in [3.63, 3.8) is 0 Å². The average molecular weight is 662 g/mol. The molecule has 1 aliphatic rings. The Labute approximate surface area is 304 Å². The number of nitrogens with zero attached hydrogens (tertiary/aromatic N) is 1. The van der Waals surface area contributed by atoms with Gasteiger partial charge in [-0.15, -0.1) is 0 Å². The van der Waals surface area contributed by atoms with Gasteiger partial charge in [0.15, 0.2) is 0 Å². The van der Waals surface area contributed by atoms with Crippen molar-refractivity contribution in [2.45, 2.75) is 71.1 Å². The summed E-state index contributed by atoms with van der Waals surface area (Å²) in [5.74, 6) is 0. The number of fused-ring (bicyclic) bond motifs is 4. The zero-order valence-corrected chi connectivity index (χ0v) is 30.3. The number of rotatable bonds is 11. The minimum atomic E-state index is -0.0694. The Morgan fingerprint density at radius 1 is 0.451 bits per heavy atom. The van der Waals surface area contributed by atoms with E-state index in [9.17, 15) is 0 Å². The van der Waals surface area contributed by atoms with Crippen LogP contribution in [0.5, 0.6) is 0 Å². The zero-order valence-electron chi connectivity index (χ0n) is 30.3. The van der Waals surface area contributed by atoms with Gasteiger partial charge in [0.05, 0.1) is 11.2 Å². The van der Waals surface area contributed by atoms with Crippen LogP contribution in [0.1, 0.15) is 76.0 Å². The molecule has 1 heteroatoms. The fraction of sp³-hybridized carbons (Fsp3) is 0.220. The summed E-state index contributed by atoms with van der Waals surface area (Å²) in [6.45, 7) is 6.98. The summed E-state index contributed by atoms with van der Waals surface area (Å²) < 4.78 is 0. The Kier molecular flexibility index (Phi) is 9.13. The molecule has 0 aliphatic heterocycles. The van der Waals surface area contributed by atoms with Crippen LogP contribution in [0.15, 0.2) is 146 Å². The third-order valence-electron chi connectivity index (χ3n) is 11.1. The Hall–Kier alpha value is -5.27. The molecule has 1 aliphatic carbocycles. The van der Waals surface area contributed by atoms with Crippen molar-refractivity contribution < 1.29 is 0 Å². The molecule has 0 saturated heterocycles. The van der Waals surface area contributed by atoms with E-state index in [-0.39, 0.29) is 5.41 Å². The van der Waals surface area contributed by atoms with E-state index in [1.807, 2.05) is 0 Å². The molecule has 0 unspecified atom stereocenters. The number of aromatic nitrogens is 1. The molecule has 51 heavy (non-hydrogen) atoms. The molecule has 1 nitrogen and oxygen atoms in total. The largest absolute Gasteiger partial charge is 0.248 e. The number of hydrogen-bond acceptors (Lipinski definition) is 1. The van der Waals surface area contributed by atoms with Crippen LogP contribution in [0.2, 0.25) is 0 Å². The molecular weight excluding hydrogens is 615 g/mol. The van der Waals surface area contributed by atoms with Crippen LogP contribution < -0.4 is 0 Å².